The van der Waals surface area contributed by atoms with Crippen LogP contribution in [0.15, 0.2) is 42.0 Å². The summed E-state index contributed by atoms with van der Waals surface area (Å²) < 4.78 is 12.2. The zero-order valence-corrected chi connectivity index (χ0v) is 14.9. The van der Waals surface area contributed by atoms with E-state index < -0.39 is 6.04 Å². The predicted octanol–water partition coefficient (Wildman–Crippen LogP) is 3.22. The molecule has 2 heterocycles. The summed E-state index contributed by atoms with van der Waals surface area (Å²) in [4.78, 5) is 16.8. The zero-order valence-electron chi connectivity index (χ0n) is 14.1. The van der Waals surface area contributed by atoms with Crippen molar-refractivity contribution < 1.29 is 14.3 Å². The van der Waals surface area contributed by atoms with Crippen molar-refractivity contribution in [1.82, 2.24) is 14.8 Å². The molecule has 0 fully saturated rings. The third-order valence-electron chi connectivity index (χ3n) is 3.72. The number of aromatic nitrogens is 3. The van der Waals surface area contributed by atoms with E-state index in [2.05, 4.69) is 15.4 Å². The van der Waals surface area contributed by atoms with E-state index in [-0.39, 0.29) is 5.91 Å². The van der Waals surface area contributed by atoms with Gasteiger partial charge in [0, 0.05) is 23.3 Å². The summed E-state index contributed by atoms with van der Waals surface area (Å²) in [5.74, 6) is 1.22. The molecule has 0 spiro atoms. The van der Waals surface area contributed by atoms with Gasteiger partial charge in [-0.1, -0.05) is 0 Å². The predicted molar refractivity (Wildman–Crippen MR) is 96.2 cm³/mol. The van der Waals surface area contributed by atoms with Crippen LogP contribution in [0, 0.1) is 0 Å². The number of nitrogens with one attached hydrogen (secondary N) is 1. The molecule has 0 radical (unpaired) electrons. The highest BCUT2D eigenvalue weighted by atomic mass is 32.1. The summed E-state index contributed by atoms with van der Waals surface area (Å²) in [6, 6.07) is 6.86. The summed E-state index contributed by atoms with van der Waals surface area (Å²) in [5, 5.41) is 9.29. The molecule has 2 aromatic heterocycles. The van der Waals surface area contributed by atoms with Gasteiger partial charge < -0.3 is 14.8 Å². The van der Waals surface area contributed by atoms with Crippen LogP contribution in [0.3, 0.4) is 0 Å². The quantitative estimate of drug-likeness (QED) is 0.732. The maximum atomic E-state index is 12.3. The van der Waals surface area contributed by atoms with E-state index in [0.29, 0.717) is 22.3 Å². The highest BCUT2D eigenvalue weighted by Crippen LogP contribution is 2.35. The van der Waals surface area contributed by atoms with Crippen LogP contribution in [-0.2, 0) is 4.79 Å². The van der Waals surface area contributed by atoms with Crippen LogP contribution >= 0.6 is 11.3 Å². The van der Waals surface area contributed by atoms with Crippen molar-refractivity contribution in [1.29, 1.82) is 0 Å². The molecule has 0 aliphatic carbocycles. The summed E-state index contributed by atoms with van der Waals surface area (Å²) in [6.45, 7) is 1.78. The number of rotatable bonds is 6. The van der Waals surface area contributed by atoms with E-state index in [1.807, 2.05) is 23.6 Å². The number of benzene rings is 1. The topological polar surface area (TPSA) is 78.3 Å². The highest BCUT2D eigenvalue weighted by Gasteiger charge is 2.17. The highest BCUT2D eigenvalue weighted by molar-refractivity contribution is 7.14. The molecule has 130 valence electrons. The van der Waals surface area contributed by atoms with E-state index in [1.54, 1.807) is 44.3 Å². The van der Waals surface area contributed by atoms with Crippen molar-refractivity contribution in [2.24, 2.45) is 0 Å². The number of carbonyl (C=O) groups is 1. The molecular formula is C17H18N4O3S. The van der Waals surface area contributed by atoms with Gasteiger partial charge in [0.1, 0.15) is 17.5 Å². The summed E-state index contributed by atoms with van der Waals surface area (Å²) in [5.41, 5.74) is 1.52. The molecule has 8 heteroatoms. The number of thiazole rings is 1. The second-order valence-electron chi connectivity index (χ2n) is 5.26. The number of ether oxygens (including phenoxy) is 2. The second-order valence-corrected chi connectivity index (χ2v) is 6.11. The number of nitrogens with zero attached hydrogens (tertiary/aromatic N) is 3. The molecule has 7 nitrogen and oxygen atoms in total. The third-order valence-corrected chi connectivity index (χ3v) is 4.48. The molecule has 1 aromatic carbocycles. The fourth-order valence-corrected chi connectivity index (χ4v) is 3.02. The molecule has 1 unspecified atom stereocenters. The first-order valence-corrected chi connectivity index (χ1v) is 8.48. The molecule has 3 rings (SSSR count). The van der Waals surface area contributed by atoms with Gasteiger partial charge in [-0.2, -0.15) is 5.10 Å². The summed E-state index contributed by atoms with van der Waals surface area (Å²) >= 11 is 1.35. The number of hydrogen-bond donors (Lipinski definition) is 1. The Morgan fingerprint density at radius 1 is 1.32 bits per heavy atom. The first-order valence-electron chi connectivity index (χ1n) is 7.60. The zero-order chi connectivity index (χ0) is 17.8. The van der Waals surface area contributed by atoms with Crippen LogP contribution in [0.2, 0.25) is 0 Å². The standard InChI is InChI=1S/C17H18N4O3S/c1-11(21-8-4-7-18-21)16(22)20-17-19-14(10-25-17)13-9-12(23-2)5-6-15(13)24-3/h4-11H,1-3H3,(H,19,20,22). The summed E-state index contributed by atoms with van der Waals surface area (Å²) in [7, 11) is 3.21. The van der Waals surface area contributed by atoms with Gasteiger partial charge in [0.05, 0.1) is 19.9 Å². The number of hydrogen-bond acceptors (Lipinski definition) is 6. The Hall–Kier alpha value is -2.87. The Labute approximate surface area is 149 Å². The first kappa shape index (κ1) is 17.0. The molecule has 1 N–H and O–H groups in total. The van der Waals surface area contributed by atoms with Gasteiger partial charge in [0.15, 0.2) is 5.13 Å². The number of anilines is 1. The van der Waals surface area contributed by atoms with Crippen molar-refractivity contribution in [2.45, 2.75) is 13.0 Å². The van der Waals surface area contributed by atoms with E-state index >= 15 is 0 Å². The SMILES string of the molecule is COc1ccc(OC)c(-c2csc(NC(=O)C(C)n3cccn3)n2)c1. The molecule has 1 amide bonds. The maximum absolute atomic E-state index is 12.3. The van der Waals surface area contributed by atoms with Crippen LogP contribution < -0.4 is 14.8 Å². The van der Waals surface area contributed by atoms with Gasteiger partial charge in [-0.05, 0) is 31.2 Å². The number of methoxy groups -OCH3 is 2. The van der Waals surface area contributed by atoms with E-state index in [9.17, 15) is 4.79 Å². The monoisotopic (exact) mass is 358 g/mol. The average molecular weight is 358 g/mol. The van der Waals surface area contributed by atoms with E-state index in [4.69, 9.17) is 9.47 Å². The number of amides is 1. The molecule has 1 atom stereocenters. The van der Waals surface area contributed by atoms with Crippen LogP contribution in [0.25, 0.3) is 11.3 Å². The molecule has 0 bridgehead atoms. The van der Waals surface area contributed by atoms with Gasteiger partial charge in [0.25, 0.3) is 5.91 Å². The molecular weight excluding hydrogens is 340 g/mol. The molecule has 0 aliphatic heterocycles. The van der Waals surface area contributed by atoms with Crippen LogP contribution in [0.5, 0.6) is 11.5 Å². The molecule has 0 aliphatic rings. The molecule has 25 heavy (non-hydrogen) atoms. The Balaban J connectivity index is 1.80. The Morgan fingerprint density at radius 3 is 2.84 bits per heavy atom. The van der Waals surface area contributed by atoms with Crippen molar-refractivity contribution in [3.05, 3.63) is 42.0 Å². The minimum Gasteiger partial charge on any atom is -0.497 e. The largest absolute Gasteiger partial charge is 0.497 e. The molecule has 3 aromatic rings. The van der Waals surface area contributed by atoms with Crippen molar-refractivity contribution in [2.75, 3.05) is 19.5 Å². The maximum Gasteiger partial charge on any atom is 0.250 e. The summed E-state index contributed by atoms with van der Waals surface area (Å²) in [6.07, 6.45) is 3.39. The van der Waals surface area contributed by atoms with Gasteiger partial charge in [-0.15, -0.1) is 11.3 Å². The fourth-order valence-electron chi connectivity index (χ4n) is 2.31. The van der Waals surface area contributed by atoms with Crippen LogP contribution in [0.1, 0.15) is 13.0 Å². The van der Waals surface area contributed by atoms with Gasteiger partial charge in [-0.3, -0.25) is 9.48 Å². The third kappa shape index (κ3) is 3.63. The smallest absolute Gasteiger partial charge is 0.250 e. The van der Waals surface area contributed by atoms with Gasteiger partial charge >= 0.3 is 0 Å². The fraction of sp³-hybridized carbons (Fsp3) is 0.235. The van der Waals surface area contributed by atoms with Gasteiger partial charge in [-0.25, -0.2) is 4.98 Å². The number of carbonyl (C=O) groups excluding carboxylic acids is 1. The Bertz CT molecular complexity index is 861. The first-order chi connectivity index (χ1) is 12.1. The van der Waals surface area contributed by atoms with E-state index in [0.717, 1.165) is 5.56 Å². The van der Waals surface area contributed by atoms with Crippen molar-refractivity contribution in [3.63, 3.8) is 0 Å². The van der Waals surface area contributed by atoms with E-state index in [1.165, 1.54) is 11.3 Å². The lowest BCUT2D eigenvalue weighted by Gasteiger charge is -2.11. The molecule has 0 saturated heterocycles. The Morgan fingerprint density at radius 2 is 2.16 bits per heavy atom. The normalized spacial score (nSPS) is 11.8. The van der Waals surface area contributed by atoms with Gasteiger partial charge in [0.2, 0.25) is 0 Å². The Kier molecular flexibility index (Phi) is 4.99. The van der Waals surface area contributed by atoms with Crippen molar-refractivity contribution >= 4 is 22.4 Å². The van der Waals surface area contributed by atoms with Crippen LogP contribution in [0.4, 0.5) is 5.13 Å². The average Bonchev–Trinajstić information content (AvgIpc) is 3.32. The second kappa shape index (κ2) is 7.35. The lowest BCUT2D eigenvalue weighted by atomic mass is 10.1. The minimum absolute atomic E-state index is 0.179. The minimum atomic E-state index is -0.422. The lowest BCUT2D eigenvalue weighted by molar-refractivity contribution is -0.119. The van der Waals surface area contributed by atoms with Crippen molar-refractivity contribution in [3.8, 4) is 22.8 Å². The molecule has 0 saturated carbocycles. The lowest BCUT2D eigenvalue weighted by Crippen LogP contribution is -2.23. The van der Waals surface area contributed by atoms with Crippen LogP contribution in [-0.4, -0.2) is 34.9 Å².